The van der Waals surface area contributed by atoms with Crippen LogP contribution >= 0.6 is 11.3 Å². The number of aryl methyl sites for hydroxylation is 2. The van der Waals surface area contributed by atoms with Crippen molar-refractivity contribution in [2.45, 2.75) is 66.2 Å². The molecule has 7 heteroatoms. The zero-order chi connectivity index (χ0) is 37.5. The molecule has 0 saturated heterocycles. The van der Waals surface area contributed by atoms with Gasteiger partial charge in [-0.3, -0.25) is 0 Å². The van der Waals surface area contributed by atoms with Gasteiger partial charge in [-0.2, -0.15) is 12.1 Å². The van der Waals surface area contributed by atoms with E-state index in [1.165, 1.54) is 53.5 Å². The van der Waals surface area contributed by atoms with E-state index in [1.54, 1.807) is 0 Å². The predicted molar refractivity (Wildman–Crippen MR) is 227 cm³/mol. The maximum Gasteiger partial charge on any atom is 0.135 e. The molecule has 0 aliphatic carbocycles. The van der Waals surface area contributed by atoms with Gasteiger partial charge in [-0.15, -0.1) is 59.4 Å². The Morgan fingerprint density at radius 1 is 0.673 bits per heavy atom. The minimum Gasteiger partial charge on any atom is -0.509 e. The molecular formula is C48H43N4OPtS-3. The number of nitrogens with zero attached hydrogens (tertiary/aromatic N) is 4. The maximum absolute atomic E-state index is 6.57. The van der Waals surface area contributed by atoms with E-state index in [2.05, 4.69) is 174 Å². The first kappa shape index (κ1) is 37.0. The van der Waals surface area contributed by atoms with Crippen molar-refractivity contribution >= 4 is 64.7 Å². The molecule has 1 aliphatic heterocycles. The van der Waals surface area contributed by atoms with Gasteiger partial charge in [0.1, 0.15) is 5.82 Å². The Hall–Kier alpha value is -4.90. The fourth-order valence-electron chi connectivity index (χ4n) is 7.70. The molecular weight excluding hydrogens is 876 g/mol. The number of hydrogen-bond acceptors (Lipinski definition) is 5. The van der Waals surface area contributed by atoms with Crippen LogP contribution in [0.15, 0.2) is 110 Å². The topological polar surface area (TPSA) is 33.5 Å². The van der Waals surface area contributed by atoms with Crippen LogP contribution < -0.4 is 14.5 Å². The molecule has 0 radical (unpaired) electrons. The Morgan fingerprint density at radius 3 is 2.15 bits per heavy atom. The van der Waals surface area contributed by atoms with Crippen LogP contribution in [0.3, 0.4) is 0 Å². The number of anilines is 2. The van der Waals surface area contributed by atoms with Crippen LogP contribution in [-0.4, -0.2) is 9.55 Å². The van der Waals surface area contributed by atoms with Gasteiger partial charge in [0.2, 0.25) is 0 Å². The van der Waals surface area contributed by atoms with Crippen molar-refractivity contribution in [2.24, 2.45) is 0 Å². The van der Waals surface area contributed by atoms with Crippen LogP contribution in [0.1, 0.15) is 63.8 Å². The number of thiophene rings is 1. The average Bonchev–Trinajstić information content (AvgIpc) is 3.85. The first-order chi connectivity index (χ1) is 25.8. The molecule has 0 bridgehead atoms. The summed E-state index contributed by atoms with van der Waals surface area (Å²) in [5.41, 5.74) is 9.28. The number of pyridine rings is 1. The van der Waals surface area contributed by atoms with Gasteiger partial charge in [-0.25, -0.2) is 4.98 Å². The number of rotatable bonds is 5. The van der Waals surface area contributed by atoms with Crippen molar-refractivity contribution in [3.8, 4) is 17.3 Å². The quantitative estimate of drug-likeness (QED) is 0.161. The van der Waals surface area contributed by atoms with Gasteiger partial charge in [0, 0.05) is 64.6 Å². The molecule has 0 atom stereocenters. The van der Waals surface area contributed by atoms with Gasteiger partial charge in [0.05, 0.1) is 5.52 Å². The Morgan fingerprint density at radius 2 is 1.38 bits per heavy atom. The minimum atomic E-state index is -0.0345. The van der Waals surface area contributed by atoms with Crippen LogP contribution in [0.4, 0.5) is 11.4 Å². The van der Waals surface area contributed by atoms with Crippen molar-refractivity contribution < 1.29 is 25.8 Å². The third-order valence-electron chi connectivity index (χ3n) is 10.5. The predicted octanol–water partition coefficient (Wildman–Crippen LogP) is 13.1. The summed E-state index contributed by atoms with van der Waals surface area (Å²) < 4.78 is 11.4. The Balaban J connectivity index is 0.00000427. The maximum atomic E-state index is 6.57. The van der Waals surface area contributed by atoms with E-state index in [4.69, 9.17) is 9.72 Å². The Kier molecular flexibility index (Phi) is 9.22. The van der Waals surface area contributed by atoms with Crippen molar-refractivity contribution in [1.82, 2.24) is 9.55 Å². The minimum absolute atomic E-state index is 0. The van der Waals surface area contributed by atoms with E-state index in [-0.39, 0.29) is 31.9 Å². The summed E-state index contributed by atoms with van der Waals surface area (Å²) >= 11 is 1.83. The number of fused-ring (bicyclic) bond motifs is 7. The number of ether oxygens (including phenoxy) is 1. The van der Waals surface area contributed by atoms with Crippen molar-refractivity contribution in [2.75, 3.05) is 9.80 Å². The molecule has 0 amide bonds. The summed E-state index contributed by atoms with van der Waals surface area (Å²) in [5.74, 6) is 2.10. The smallest absolute Gasteiger partial charge is 0.135 e. The van der Waals surface area contributed by atoms with Crippen LogP contribution in [0.25, 0.3) is 47.8 Å². The van der Waals surface area contributed by atoms with E-state index in [0.29, 0.717) is 11.5 Å². The zero-order valence-electron chi connectivity index (χ0n) is 32.4. The molecule has 5 aromatic carbocycles. The van der Waals surface area contributed by atoms with Crippen molar-refractivity contribution in [3.05, 3.63) is 151 Å². The summed E-state index contributed by atoms with van der Waals surface area (Å²) in [6.07, 6.45) is 6.09. The fraction of sp³-hybridized carbons (Fsp3) is 0.208. The molecule has 8 aromatic rings. The van der Waals surface area contributed by atoms with Gasteiger partial charge in [0.25, 0.3) is 0 Å². The average molecular weight is 919 g/mol. The second-order valence-electron chi connectivity index (χ2n) is 16.4. The molecule has 0 N–H and O–H groups in total. The molecule has 0 spiro atoms. The summed E-state index contributed by atoms with van der Waals surface area (Å²) in [6.45, 7) is 20.0. The van der Waals surface area contributed by atoms with Crippen LogP contribution in [-0.2, 0) is 31.9 Å². The monoisotopic (exact) mass is 918 g/mol. The van der Waals surface area contributed by atoms with Gasteiger partial charge < -0.3 is 19.1 Å². The summed E-state index contributed by atoms with van der Waals surface area (Å²) in [7, 11) is 0. The largest absolute Gasteiger partial charge is 0.509 e. The molecule has 0 saturated carbocycles. The van der Waals surface area contributed by atoms with E-state index in [0.717, 1.165) is 27.9 Å². The van der Waals surface area contributed by atoms with Crippen molar-refractivity contribution in [1.29, 1.82) is 0 Å². The summed E-state index contributed by atoms with van der Waals surface area (Å²) in [6, 6.07) is 39.5. The van der Waals surface area contributed by atoms with E-state index in [1.807, 2.05) is 35.7 Å². The molecule has 4 heterocycles. The molecule has 0 unspecified atom stereocenters. The fourth-order valence-corrected chi connectivity index (χ4v) is 8.81. The number of benzene rings is 5. The number of hydrogen-bond donors (Lipinski definition) is 0. The second-order valence-corrected chi connectivity index (χ2v) is 17.5. The van der Waals surface area contributed by atoms with Crippen LogP contribution in [0.5, 0.6) is 11.5 Å². The van der Waals surface area contributed by atoms with Crippen LogP contribution in [0, 0.1) is 32.6 Å². The second kappa shape index (κ2) is 13.7. The van der Waals surface area contributed by atoms with Gasteiger partial charge in [0.15, 0.2) is 0 Å². The first-order valence-electron chi connectivity index (χ1n) is 18.5. The standard InChI is InChI=1S/C48H43N4OS.Pt/c1-30-24-33(48(6,7)8)25-31(2)45(30)51-23-22-50(29-51)34-12-11-13-35(27-34)53-36-16-17-37-38-18-19-42-44(39-14-9-10-15-41(39)54-42)46(38)52(40(37)28-36)43-26-32(20-21-49-43)47(3,4)5;/h9-26,29H,1-8H3;/q-3;. The van der Waals surface area contributed by atoms with E-state index < -0.39 is 0 Å². The molecule has 0 fully saturated rings. The molecule has 55 heavy (non-hydrogen) atoms. The Bertz CT molecular complexity index is 2780. The van der Waals surface area contributed by atoms with E-state index in [9.17, 15) is 0 Å². The van der Waals surface area contributed by atoms with Crippen LogP contribution in [0.2, 0.25) is 0 Å². The SMILES string of the molecule is Cc1cc(C(C)(C)C)cc(C)c1N1C=CN(c2[c-]c(Oc3[c-]c4c(cc3)c3ccc5sc6ccccc6c5c3n4-c3cc(C(C)(C)C)ccn3)ccc2)[CH-]1.[Pt]. The summed E-state index contributed by atoms with van der Waals surface area (Å²) in [4.78, 5) is 9.24. The molecule has 9 rings (SSSR count). The third-order valence-corrected chi connectivity index (χ3v) is 11.6. The number of aromatic nitrogens is 2. The van der Waals surface area contributed by atoms with Gasteiger partial charge >= 0.3 is 0 Å². The summed E-state index contributed by atoms with van der Waals surface area (Å²) in [5, 5.41) is 4.76. The first-order valence-corrected chi connectivity index (χ1v) is 19.3. The normalized spacial score (nSPS) is 13.5. The Labute approximate surface area is 342 Å². The third kappa shape index (κ3) is 6.53. The molecule has 280 valence electrons. The molecule has 3 aromatic heterocycles. The van der Waals surface area contributed by atoms with E-state index >= 15 is 0 Å². The molecule has 5 nitrogen and oxygen atoms in total. The van der Waals surface area contributed by atoms with Crippen molar-refractivity contribution in [3.63, 3.8) is 0 Å². The zero-order valence-corrected chi connectivity index (χ0v) is 35.5. The van der Waals surface area contributed by atoms with Gasteiger partial charge in [-0.1, -0.05) is 83.5 Å². The van der Waals surface area contributed by atoms with Gasteiger partial charge in [-0.05, 0) is 89.0 Å². The molecule has 1 aliphatic rings.